The van der Waals surface area contributed by atoms with Gasteiger partial charge in [-0.2, -0.15) is 4.31 Å². The highest BCUT2D eigenvalue weighted by molar-refractivity contribution is 8.22. The highest BCUT2D eigenvalue weighted by atomic mass is 32.3. The topological polar surface area (TPSA) is 130 Å². The molecule has 3 aromatic carbocycles. The third-order valence-corrected chi connectivity index (χ3v) is 10.8. The zero-order valence-electron chi connectivity index (χ0n) is 26.4. The van der Waals surface area contributed by atoms with Gasteiger partial charge in [0, 0.05) is 19.0 Å². The van der Waals surface area contributed by atoms with Crippen LogP contribution in [-0.2, 0) is 17.9 Å². The van der Waals surface area contributed by atoms with E-state index in [4.69, 9.17) is 9.47 Å². The number of fused-ring (bicyclic) bond motifs is 2. The molecular formula is C33H42N4O6S. The highest BCUT2D eigenvalue weighted by Crippen LogP contribution is 2.57. The minimum absolute atomic E-state index is 0.231. The molecule has 0 saturated carbocycles. The van der Waals surface area contributed by atoms with Gasteiger partial charge in [0.2, 0.25) is 0 Å². The number of aromatic nitrogens is 3. The largest absolute Gasteiger partial charge is 0.494 e. The number of rotatable bonds is 9. The molecule has 1 aliphatic heterocycles. The van der Waals surface area contributed by atoms with Gasteiger partial charge in [0.1, 0.15) is 33.5 Å². The molecule has 3 N–H and O–H groups in total. The number of methoxy groups -OCH3 is 1. The number of nitrogens with zero attached hydrogens (tertiary/aromatic N) is 4. The van der Waals surface area contributed by atoms with Crippen LogP contribution < -0.4 is 9.47 Å². The normalized spacial score (nSPS) is 18.2. The fourth-order valence-corrected chi connectivity index (χ4v) is 7.73. The van der Waals surface area contributed by atoms with Gasteiger partial charge in [-0.15, -0.1) is 15.9 Å². The number of hydrogen-bond donors (Lipinski definition) is 3. The van der Waals surface area contributed by atoms with E-state index in [1.807, 2.05) is 58.0 Å². The van der Waals surface area contributed by atoms with E-state index in [1.54, 1.807) is 48.1 Å². The number of ether oxygens (including phenoxy) is 2. The van der Waals surface area contributed by atoms with Crippen LogP contribution in [0, 0.1) is 19.3 Å². The number of carbonyl (C=O) groups is 1. The molecule has 4 aromatic rings. The van der Waals surface area contributed by atoms with Crippen LogP contribution in [0.5, 0.6) is 11.5 Å². The second-order valence-electron chi connectivity index (χ2n) is 12.0. The van der Waals surface area contributed by atoms with Crippen LogP contribution in [0.25, 0.3) is 11.0 Å². The molecule has 1 aromatic heterocycles. The summed E-state index contributed by atoms with van der Waals surface area (Å²) in [6.45, 7) is 12.5. The van der Waals surface area contributed by atoms with Crippen molar-refractivity contribution >= 4 is 27.8 Å². The molecule has 2 atom stereocenters. The van der Waals surface area contributed by atoms with Crippen LogP contribution in [0.3, 0.4) is 0 Å². The van der Waals surface area contributed by atoms with E-state index in [9.17, 15) is 19.0 Å². The Morgan fingerprint density at radius 3 is 2.55 bits per heavy atom. The second-order valence-corrected chi connectivity index (χ2v) is 14.0. The van der Waals surface area contributed by atoms with Gasteiger partial charge in [-0.05, 0) is 87.1 Å². The Kier molecular flexibility index (Phi) is 8.69. The maximum absolute atomic E-state index is 12.8. The zero-order valence-corrected chi connectivity index (χ0v) is 27.2. The average molecular weight is 623 g/mol. The second kappa shape index (κ2) is 12.0. The Morgan fingerprint density at radius 2 is 1.89 bits per heavy atom. The Morgan fingerprint density at radius 1 is 1.16 bits per heavy atom. The number of aliphatic carboxylic acids is 1. The fourth-order valence-electron chi connectivity index (χ4n) is 6.11. The molecular weight excluding hydrogens is 580 g/mol. The van der Waals surface area contributed by atoms with E-state index in [-0.39, 0.29) is 12.6 Å². The molecule has 11 heteroatoms. The highest BCUT2D eigenvalue weighted by Gasteiger charge is 2.41. The van der Waals surface area contributed by atoms with Crippen molar-refractivity contribution in [1.82, 2.24) is 19.3 Å². The van der Waals surface area contributed by atoms with E-state index in [0.717, 1.165) is 33.3 Å². The molecule has 0 aliphatic carbocycles. The van der Waals surface area contributed by atoms with Crippen molar-refractivity contribution in [2.24, 2.45) is 5.41 Å². The lowest BCUT2D eigenvalue weighted by molar-refractivity contribution is -0.147. The lowest BCUT2D eigenvalue weighted by Gasteiger charge is -2.42. The summed E-state index contributed by atoms with van der Waals surface area (Å²) in [5, 5.41) is 19.2. The van der Waals surface area contributed by atoms with Crippen molar-refractivity contribution in [3.05, 3.63) is 76.3 Å². The van der Waals surface area contributed by atoms with Gasteiger partial charge in [-0.25, -0.2) is 4.68 Å². The first-order chi connectivity index (χ1) is 20.8. The Labute approximate surface area is 260 Å². The van der Waals surface area contributed by atoms with Crippen molar-refractivity contribution in [2.75, 3.05) is 13.7 Å². The molecule has 236 valence electrons. The zero-order chi connectivity index (χ0) is 32.0. The minimum Gasteiger partial charge on any atom is -0.494 e. The summed E-state index contributed by atoms with van der Waals surface area (Å²) < 4.78 is 38.6. The first-order valence-electron chi connectivity index (χ1n) is 14.9. The molecule has 44 heavy (non-hydrogen) atoms. The van der Waals surface area contributed by atoms with Crippen molar-refractivity contribution in [3.63, 3.8) is 0 Å². The standard InChI is InChI=1S/C33H42N4O6S/c1-8-24-19-36(44(40,41)28-13-11-10-12-26(28)43-24)18-23-16-22(15-14-20(23)3)29(33(5,6)32(38)39)25-17-27(42-7)31-30(21(25)4)34-35-37(31)9-2/h10-17,24,29,40-41H,8-9,18-19H2,1-7H3,(H,38,39). The van der Waals surface area contributed by atoms with E-state index in [2.05, 4.69) is 10.3 Å². The van der Waals surface area contributed by atoms with Crippen molar-refractivity contribution < 1.29 is 28.5 Å². The number of hydrogen-bond acceptors (Lipinski definition) is 8. The number of benzene rings is 3. The Hall–Kier alpha value is -3.64. The first-order valence-corrected chi connectivity index (χ1v) is 16.4. The van der Waals surface area contributed by atoms with E-state index >= 15 is 0 Å². The predicted molar refractivity (Wildman–Crippen MR) is 172 cm³/mol. The van der Waals surface area contributed by atoms with Crippen LogP contribution in [0.1, 0.15) is 67.9 Å². The lowest BCUT2D eigenvalue weighted by Crippen LogP contribution is -2.35. The summed E-state index contributed by atoms with van der Waals surface area (Å²) in [6.07, 6.45) is 0.464. The van der Waals surface area contributed by atoms with Crippen LogP contribution in [0.4, 0.5) is 0 Å². The number of carboxylic acid groups (broad SMARTS) is 1. The van der Waals surface area contributed by atoms with Gasteiger partial charge >= 0.3 is 5.97 Å². The summed E-state index contributed by atoms with van der Waals surface area (Å²) in [5.74, 6) is -0.466. The van der Waals surface area contributed by atoms with Crippen molar-refractivity contribution in [3.8, 4) is 11.5 Å². The third-order valence-electron chi connectivity index (χ3n) is 8.86. The van der Waals surface area contributed by atoms with Gasteiger partial charge in [-0.3, -0.25) is 13.9 Å². The molecule has 5 rings (SSSR count). The van der Waals surface area contributed by atoms with E-state index in [0.29, 0.717) is 41.4 Å². The summed E-state index contributed by atoms with van der Waals surface area (Å²) >= 11 is 0. The van der Waals surface area contributed by atoms with Crippen LogP contribution in [0.2, 0.25) is 0 Å². The van der Waals surface area contributed by atoms with Gasteiger partial charge in [0.05, 0.1) is 19.1 Å². The average Bonchev–Trinajstić information content (AvgIpc) is 3.39. The molecule has 2 unspecified atom stereocenters. The quantitative estimate of drug-likeness (QED) is 0.180. The smallest absolute Gasteiger partial charge is 0.310 e. The van der Waals surface area contributed by atoms with Gasteiger partial charge < -0.3 is 14.6 Å². The predicted octanol–water partition coefficient (Wildman–Crippen LogP) is 7.02. The minimum atomic E-state index is -3.36. The maximum atomic E-state index is 12.8. The maximum Gasteiger partial charge on any atom is 0.310 e. The molecule has 0 saturated heterocycles. The van der Waals surface area contributed by atoms with Crippen LogP contribution >= 0.6 is 10.8 Å². The lowest BCUT2D eigenvalue weighted by atomic mass is 9.69. The Bertz CT molecular complexity index is 1700. The van der Waals surface area contributed by atoms with Gasteiger partial charge in [0.25, 0.3) is 0 Å². The molecule has 1 aliphatic rings. The first kappa shape index (κ1) is 31.8. The Balaban J connectivity index is 1.65. The van der Waals surface area contributed by atoms with E-state index in [1.165, 1.54) is 0 Å². The molecule has 0 amide bonds. The monoisotopic (exact) mass is 622 g/mol. The fraction of sp³-hybridized carbons (Fsp3) is 0.424. The molecule has 0 bridgehead atoms. The van der Waals surface area contributed by atoms with Crippen LogP contribution in [0.15, 0.2) is 53.4 Å². The third kappa shape index (κ3) is 5.42. The summed E-state index contributed by atoms with van der Waals surface area (Å²) in [7, 11) is -1.77. The molecule has 0 spiro atoms. The number of aryl methyl sites for hydroxylation is 3. The summed E-state index contributed by atoms with van der Waals surface area (Å²) in [6, 6.07) is 14.9. The van der Waals surface area contributed by atoms with E-state index < -0.39 is 28.1 Å². The van der Waals surface area contributed by atoms with Gasteiger partial charge in [0.15, 0.2) is 0 Å². The number of carboxylic acids is 1. The summed E-state index contributed by atoms with van der Waals surface area (Å²) in [5.41, 5.74) is 4.45. The van der Waals surface area contributed by atoms with Crippen molar-refractivity contribution in [2.45, 2.75) is 78.0 Å². The molecule has 10 nitrogen and oxygen atoms in total. The summed E-state index contributed by atoms with van der Waals surface area (Å²) in [4.78, 5) is 13.2. The molecule has 0 fully saturated rings. The molecule has 0 radical (unpaired) electrons. The van der Waals surface area contributed by atoms with Crippen molar-refractivity contribution in [1.29, 1.82) is 0 Å². The number of para-hydroxylation sites is 1. The molecule has 2 heterocycles. The SMILES string of the molecule is CCC1CN(Cc2cc(C(c3cc(OC)c4c(nnn4CC)c3C)C(C)(C)C(=O)O)ccc2C)S(O)(O)c2ccccc2O1. The van der Waals surface area contributed by atoms with Crippen LogP contribution in [-0.4, -0.2) is 59.2 Å². The van der Waals surface area contributed by atoms with Gasteiger partial charge in [-0.1, -0.05) is 42.5 Å².